The van der Waals surface area contributed by atoms with E-state index in [1.807, 2.05) is 0 Å². The van der Waals surface area contributed by atoms with E-state index in [0.717, 1.165) is 10.4 Å². The van der Waals surface area contributed by atoms with Gasteiger partial charge in [-0.05, 0) is 49.9 Å². The van der Waals surface area contributed by atoms with Crippen LogP contribution >= 0.6 is 15.9 Å². The minimum absolute atomic E-state index is 0.466. The molecule has 0 aliphatic heterocycles. The molecule has 1 saturated carbocycles. The maximum atomic E-state index is 3.64. The molecule has 0 spiro atoms. The van der Waals surface area contributed by atoms with Gasteiger partial charge < -0.3 is 5.32 Å². The predicted octanol–water partition coefficient (Wildman–Crippen LogP) is 4.29. The molecule has 1 atom stereocenters. The average molecular weight is 282 g/mol. The van der Waals surface area contributed by atoms with Crippen molar-refractivity contribution >= 4 is 15.9 Å². The number of halogens is 1. The standard InChI is InChI=1S/C14H20BrN/c1-11(13-6-8-14(15)9-7-13)16-10-12-4-2-3-5-12/h6-9,11-12,16H,2-5,10H2,1H3/t11-/m1/s1. The average Bonchev–Trinajstić information content (AvgIpc) is 2.80. The molecule has 88 valence electrons. The van der Waals surface area contributed by atoms with Gasteiger partial charge in [0.15, 0.2) is 0 Å². The molecular weight excluding hydrogens is 262 g/mol. The summed E-state index contributed by atoms with van der Waals surface area (Å²) in [5.41, 5.74) is 1.38. The van der Waals surface area contributed by atoms with Crippen LogP contribution in [0.25, 0.3) is 0 Å². The summed E-state index contributed by atoms with van der Waals surface area (Å²) >= 11 is 3.47. The third-order valence-corrected chi connectivity index (χ3v) is 4.09. The van der Waals surface area contributed by atoms with Crippen LogP contribution in [0.15, 0.2) is 28.7 Å². The molecule has 1 N–H and O–H groups in total. The molecular formula is C14H20BrN. The number of hydrogen-bond acceptors (Lipinski definition) is 1. The Morgan fingerprint density at radius 3 is 2.50 bits per heavy atom. The molecule has 0 radical (unpaired) electrons. The highest BCUT2D eigenvalue weighted by atomic mass is 79.9. The summed E-state index contributed by atoms with van der Waals surface area (Å²) in [6.07, 6.45) is 5.69. The van der Waals surface area contributed by atoms with E-state index in [0.29, 0.717) is 6.04 Å². The molecule has 1 aromatic rings. The van der Waals surface area contributed by atoms with Crippen molar-refractivity contribution in [3.63, 3.8) is 0 Å². The summed E-state index contributed by atoms with van der Waals surface area (Å²) in [7, 11) is 0. The second-order valence-corrected chi connectivity index (χ2v) is 5.75. The lowest BCUT2D eigenvalue weighted by molar-refractivity contribution is 0.452. The van der Waals surface area contributed by atoms with Crippen LogP contribution < -0.4 is 5.32 Å². The zero-order valence-corrected chi connectivity index (χ0v) is 11.5. The Morgan fingerprint density at radius 2 is 1.88 bits per heavy atom. The van der Waals surface area contributed by atoms with E-state index in [-0.39, 0.29) is 0 Å². The van der Waals surface area contributed by atoms with Gasteiger partial charge in [-0.2, -0.15) is 0 Å². The molecule has 1 aromatic carbocycles. The SMILES string of the molecule is C[C@@H](NCC1CCCC1)c1ccc(Br)cc1. The maximum absolute atomic E-state index is 3.64. The molecule has 0 aromatic heterocycles. The third kappa shape index (κ3) is 3.33. The van der Waals surface area contributed by atoms with Crippen LogP contribution in [0.3, 0.4) is 0 Å². The molecule has 0 bridgehead atoms. The van der Waals surface area contributed by atoms with Crippen LogP contribution in [-0.2, 0) is 0 Å². The van der Waals surface area contributed by atoms with E-state index in [1.54, 1.807) is 0 Å². The number of benzene rings is 1. The summed E-state index contributed by atoms with van der Waals surface area (Å²) in [5, 5.41) is 3.64. The van der Waals surface area contributed by atoms with Gasteiger partial charge in [-0.25, -0.2) is 0 Å². The minimum atomic E-state index is 0.466. The predicted molar refractivity (Wildman–Crippen MR) is 72.5 cm³/mol. The van der Waals surface area contributed by atoms with Crippen molar-refractivity contribution in [2.24, 2.45) is 5.92 Å². The van der Waals surface area contributed by atoms with Crippen LogP contribution in [0.1, 0.15) is 44.2 Å². The van der Waals surface area contributed by atoms with Crippen LogP contribution in [0, 0.1) is 5.92 Å². The van der Waals surface area contributed by atoms with Gasteiger partial charge in [-0.15, -0.1) is 0 Å². The van der Waals surface area contributed by atoms with E-state index in [1.165, 1.54) is 37.8 Å². The summed E-state index contributed by atoms with van der Waals surface area (Å²) in [4.78, 5) is 0. The molecule has 0 amide bonds. The van der Waals surface area contributed by atoms with Gasteiger partial charge in [-0.3, -0.25) is 0 Å². The molecule has 1 fully saturated rings. The molecule has 0 unspecified atom stereocenters. The lowest BCUT2D eigenvalue weighted by Gasteiger charge is -2.17. The van der Waals surface area contributed by atoms with Gasteiger partial charge in [0, 0.05) is 10.5 Å². The van der Waals surface area contributed by atoms with Crippen LogP contribution in [0.5, 0.6) is 0 Å². The first kappa shape index (κ1) is 12.1. The fraction of sp³-hybridized carbons (Fsp3) is 0.571. The lowest BCUT2D eigenvalue weighted by Crippen LogP contribution is -2.24. The second kappa shape index (κ2) is 5.83. The largest absolute Gasteiger partial charge is 0.310 e. The Hall–Kier alpha value is -0.340. The van der Waals surface area contributed by atoms with E-state index in [4.69, 9.17) is 0 Å². The maximum Gasteiger partial charge on any atom is 0.0291 e. The molecule has 2 rings (SSSR count). The van der Waals surface area contributed by atoms with Gasteiger partial charge in [-0.1, -0.05) is 40.9 Å². The van der Waals surface area contributed by atoms with Gasteiger partial charge in [0.25, 0.3) is 0 Å². The fourth-order valence-corrected chi connectivity index (χ4v) is 2.69. The van der Waals surface area contributed by atoms with Crippen LogP contribution in [0.2, 0.25) is 0 Å². The highest BCUT2D eigenvalue weighted by Gasteiger charge is 2.15. The number of rotatable bonds is 4. The minimum Gasteiger partial charge on any atom is -0.310 e. The Morgan fingerprint density at radius 1 is 1.25 bits per heavy atom. The lowest BCUT2D eigenvalue weighted by atomic mass is 10.1. The van der Waals surface area contributed by atoms with E-state index < -0.39 is 0 Å². The van der Waals surface area contributed by atoms with Crippen LogP contribution in [-0.4, -0.2) is 6.54 Å². The van der Waals surface area contributed by atoms with Gasteiger partial charge >= 0.3 is 0 Å². The molecule has 1 aliphatic carbocycles. The van der Waals surface area contributed by atoms with Crippen molar-refractivity contribution in [2.75, 3.05) is 6.54 Å². The third-order valence-electron chi connectivity index (χ3n) is 3.56. The van der Waals surface area contributed by atoms with Crippen molar-refractivity contribution in [3.05, 3.63) is 34.3 Å². The quantitative estimate of drug-likeness (QED) is 0.868. The second-order valence-electron chi connectivity index (χ2n) is 4.83. The van der Waals surface area contributed by atoms with Gasteiger partial charge in [0.1, 0.15) is 0 Å². The molecule has 1 aliphatic rings. The first-order valence-corrected chi connectivity index (χ1v) is 7.04. The first-order chi connectivity index (χ1) is 7.75. The number of hydrogen-bond donors (Lipinski definition) is 1. The van der Waals surface area contributed by atoms with Crippen molar-refractivity contribution in [1.82, 2.24) is 5.32 Å². The first-order valence-electron chi connectivity index (χ1n) is 6.24. The highest BCUT2D eigenvalue weighted by molar-refractivity contribution is 9.10. The smallest absolute Gasteiger partial charge is 0.0291 e. The van der Waals surface area contributed by atoms with Crippen LogP contribution in [0.4, 0.5) is 0 Å². The summed E-state index contributed by atoms with van der Waals surface area (Å²) in [6.45, 7) is 3.43. The highest BCUT2D eigenvalue weighted by Crippen LogP contribution is 2.25. The van der Waals surface area contributed by atoms with Gasteiger partial charge in [0.05, 0.1) is 0 Å². The van der Waals surface area contributed by atoms with Gasteiger partial charge in [0.2, 0.25) is 0 Å². The van der Waals surface area contributed by atoms with E-state index in [2.05, 4.69) is 52.4 Å². The molecule has 1 nitrogen and oxygen atoms in total. The van der Waals surface area contributed by atoms with E-state index in [9.17, 15) is 0 Å². The zero-order valence-electron chi connectivity index (χ0n) is 9.88. The summed E-state index contributed by atoms with van der Waals surface area (Å²) in [6, 6.07) is 9.08. The molecule has 2 heteroatoms. The Kier molecular flexibility index (Phi) is 4.42. The normalized spacial score (nSPS) is 18.9. The summed E-state index contributed by atoms with van der Waals surface area (Å²) in [5.74, 6) is 0.915. The summed E-state index contributed by atoms with van der Waals surface area (Å²) < 4.78 is 1.15. The molecule has 0 heterocycles. The van der Waals surface area contributed by atoms with E-state index >= 15 is 0 Å². The number of nitrogens with one attached hydrogen (secondary N) is 1. The van der Waals surface area contributed by atoms with Crippen molar-refractivity contribution in [1.29, 1.82) is 0 Å². The van der Waals surface area contributed by atoms with Crippen molar-refractivity contribution in [3.8, 4) is 0 Å². The zero-order chi connectivity index (χ0) is 11.4. The van der Waals surface area contributed by atoms with Crippen molar-refractivity contribution < 1.29 is 0 Å². The topological polar surface area (TPSA) is 12.0 Å². The monoisotopic (exact) mass is 281 g/mol. The Bertz CT molecular complexity index is 314. The van der Waals surface area contributed by atoms with Crippen molar-refractivity contribution in [2.45, 2.75) is 38.6 Å². The Labute approximate surface area is 107 Å². The molecule has 16 heavy (non-hydrogen) atoms. The Balaban J connectivity index is 1.82. The molecule has 0 saturated heterocycles. The fourth-order valence-electron chi connectivity index (χ4n) is 2.43.